The highest BCUT2D eigenvalue weighted by Crippen LogP contribution is 2.40. The van der Waals surface area contributed by atoms with Crippen LogP contribution in [0.4, 0.5) is 5.69 Å². The predicted molar refractivity (Wildman–Crippen MR) is 172 cm³/mol. The molecule has 52 heavy (non-hydrogen) atoms. The smallest absolute Gasteiger partial charge is 0.351 e. The maximum atomic E-state index is 12.4. The van der Waals surface area contributed by atoms with Gasteiger partial charge in [-0.15, -0.1) is 0 Å². The highest BCUT2D eigenvalue weighted by molar-refractivity contribution is 5.90. The molecule has 3 heterocycles. The lowest BCUT2D eigenvalue weighted by Crippen LogP contribution is -2.60. The first-order valence-electron chi connectivity index (χ1n) is 15.6. The van der Waals surface area contributed by atoms with Crippen LogP contribution in [0.2, 0.25) is 0 Å². The first-order valence-corrected chi connectivity index (χ1v) is 15.6. The van der Waals surface area contributed by atoms with Gasteiger partial charge in [0.1, 0.15) is 48.7 Å². The first kappa shape index (κ1) is 37.3. The number of aliphatic carboxylic acids is 3. The predicted octanol–water partition coefficient (Wildman–Crippen LogP) is -1.72. The van der Waals surface area contributed by atoms with Gasteiger partial charge in [0.2, 0.25) is 18.0 Å². The summed E-state index contributed by atoms with van der Waals surface area (Å²) in [5, 5.41) is 85.5. The first-order chi connectivity index (χ1) is 24.7. The van der Waals surface area contributed by atoms with Crippen molar-refractivity contribution in [1.29, 1.82) is 0 Å². The number of carbonyl (C=O) groups is 4. The topological polar surface area (TPSA) is 285 Å². The quantitative estimate of drug-likeness (QED) is 0.0726. The van der Waals surface area contributed by atoms with E-state index in [1.807, 2.05) is 0 Å². The highest BCUT2D eigenvalue weighted by Gasteiger charge is 2.46. The fourth-order valence-corrected chi connectivity index (χ4v) is 5.73. The lowest BCUT2D eigenvalue weighted by Gasteiger charge is -2.39. The molecular formula is C34H34N2O16. The minimum Gasteiger partial charge on any atom is -0.543 e. The van der Waals surface area contributed by atoms with E-state index >= 15 is 0 Å². The van der Waals surface area contributed by atoms with Gasteiger partial charge in [-0.05, 0) is 41.5 Å². The summed E-state index contributed by atoms with van der Waals surface area (Å²) in [5.41, 5.74) is 0.865. The van der Waals surface area contributed by atoms with Crippen LogP contribution in [0.1, 0.15) is 17.5 Å². The van der Waals surface area contributed by atoms with Crippen molar-refractivity contribution in [1.82, 2.24) is 5.32 Å². The molecule has 2 aromatic carbocycles. The number of benzene rings is 2. The number of carbonyl (C=O) groups excluding carboxylic acids is 2. The number of hydrogen-bond acceptors (Lipinski definition) is 15. The summed E-state index contributed by atoms with van der Waals surface area (Å²) >= 11 is 0. The Balaban J connectivity index is 1.34. The Hall–Kier alpha value is -5.95. The van der Waals surface area contributed by atoms with Gasteiger partial charge >= 0.3 is 17.9 Å². The number of nitrogens with one attached hydrogen (secondary N) is 1. The molecule has 5 rings (SSSR count). The molecular weight excluding hydrogens is 692 g/mol. The third kappa shape index (κ3) is 8.16. The lowest BCUT2D eigenvalue weighted by atomic mass is 9.99. The Morgan fingerprint density at radius 1 is 1.00 bits per heavy atom. The molecule has 0 unspecified atom stereocenters. The molecule has 3 aliphatic rings. The summed E-state index contributed by atoms with van der Waals surface area (Å²) in [5.74, 6) is -5.86. The second-order valence-electron chi connectivity index (χ2n) is 11.9. The van der Waals surface area contributed by atoms with Gasteiger partial charge in [-0.2, -0.15) is 4.58 Å². The number of carboxylic acid groups (broad SMARTS) is 3. The van der Waals surface area contributed by atoms with Gasteiger partial charge < -0.3 is 69.9 Å². The van der Waals surface area contributed by atoms with Crippen LogP contribution in [-0.4, -0.2) is 127 Å². The summed E-state index contributed by atoms with van der Waals surface area (Å²) < 4.78 is 22.7. The number of phenols is 2. The molecule has 3 aliphatic heterocycles. The van der Waals surface area contributed by atoms with Gasteiger partial charge in [-0.3, -0.25) is 0 Å². The summed E-state index contributed by atoms with van der Waals surface area (Å²) in [7, 11) is 1.36. The summed E-state index contributed by atoms with van der Waals surface area (Å²) in [6, 6.07) is 4.19. The van der Waals surface area contributed by atoms with Gasteiger partial charge in [0, 0.05) is 30.6 Å². The van der Waals surface area contributed by atoms with Crippen LogP contribution in [0.5, 0.6) is 23.0 Å². The molecule has 0 aliphatic carbocycles. The van der Waals surface area contributed by atoms with Gasteiger partial charge in [0.25, 0.3) is 0 Å². The Morgan fingerprint density at radius 2 is 1.75 bits per heavy atom. The van der Waals surface area contributed by atoms with Crippen LogP contribution in [0.15, 0.2) is 59.8 Å². The van der Waals surface area contributed by atoms with E-state index in [0.29, 0.717) is 11.1 Å². The van der Waals surface area contributed by atoms with Crippen LogP contribution in [0.25, 0.3) is 6.08 Å². The number of nitrogens with zero attached hydrogens (tertiary/aromatic N) is 1. The van der Waals surface area contributed by atoms with E-state index < -0.39 is 79.0 Å². The van der Waals surface area contributed by atoms with Gasteiger partial charge in [0.15, 0.2) is 29.2 Å². The molecule has 276 valence electrons. The largest absolute Gasteiger partial charge is 0.543 e. The maximum absolute atomic E-state index is 12.4. The van der Waals surface area contributed by atoms with Crippen LogP contribution in [0, 0.1) is 0 Å². The molecule has 18 heteroatoms. The number of aliphatic hydroxyl groups is 3. The summed E-state index contributed by atoms with van der Waals surface area (Å²) in [6.45, 7) is -0.607. The molecule has 8 N–H and O–H groups in total. The fraction of sp³-hybridized carbons (Fsp3) is 0.324. The average Bonchev–Trinajstić information content (AvgIpc) is 3.47. The Kier molecular flexibility index (Phi) is 11.1. The second kappa shape index (κ2) is 15.5. The molecule has 18 nitrogen and oxygen atoms in total. The Labute approximate surface area is 294 Å². The van der Waals surface area contributed by atoms with Crippen LogP contribution < -0.4 is 19.9 Å². The van der Waals surface area contributed by atoms with E-state index in [2.05, 4.69) is 5.32 Å². The number of fused-ring (bicyclic) bond motifs is 1. The third-order valence-corrected chi connectivity index (χ3v) is 8.45. The molecule has 0 amide bonds. The number of ether oxygens (including phenoxy) is 4. The number of hydrogen-bond donors (Lipinski definition) is 8. The van der Waals surface area contributed by atoms with Crippen LogP contribution in [-0.2, 0) is 35.1 Å². The zero-order valence-electron chi connectivity index (χ0n) is 27.2. The standard InChI is InChI=1S/C34H34N2O16/c1-49-24-10-15(2-4-22(24)37)3-5-27(39)50-14-26-28(40)29(41)30(42)34(52-26)51-25-13-20-17(12-23(25)38)11-21(33(47)48)36(20)7-6-16-8-18(31(43)44)35-19(9-16)32(45)46/h2-8,10,12-13,19,21,26,28-30,34,40-42H,9,11,14H2,1H3,(H5,37,38,39,43,44,45,46,47,48)/t19-,21+,26-,28-,29-,30-,34-/m1/s1. The number of phenolic OH excluding ortho intramolecular Hbond substituents is 2. The Morgan fingerprint density at radius 3 is 2.42 bits per heavy atom. The van der Waals surface area contributed by atoms with Crippen molar-refractivity contribution in [2.24, 2.45) is 0 Å². The lowest BCUT2D eigenvalue weighted by molar-refractivity contribution is -0.475. The van der Waals surface area contributed by atoms with E-state index in [0.717, 1.165) is 6.08 Å². The van der Waals surface area contributed by atoms with Crippen molar-refractivity contribution in [3.8, 4) is 23.0 Å². The van der Waals surface area contributed by atoms with Crippen molar-refractivity contribution in [2.45, 2.75) is 55.6 Å². The molecule has 1 saturated heterocycles. The molecule has 0 aromatic heterocycles. The van der Waals surface area contributed by atoms with Crippen LogP contribution >= 0.6 is 0 Å². The summed E-state index contributed by atoms with van der Waals surface area (Å²) in [4.78, 5) is 47.6. The third-order valence-electron chi connectivity index (χ3n) is 8.45. The molecule has 2 aromatic rings. The van der Waals surface area contributed by atoms with Crippen molar-refractivity contribution in [3.05, 3.63) is 71.0 Å². The number of aliphatic hydroxyl groups excluding tert-OH is 3. The maximum Gasteiger partial charge on any atom is 0.351 e. The molecule has 0 spiro atoms. The van der Waals surface area contributed by atoms with E-state index in [-0.39, 0.29) is 47.0 Å². The molecule has 7 atom stereocenters. The number of carboxylic acids is 3. The van der Waals surface area contributed by atoms with E-state index in [1.165, 1.54) is 66.5 Å². The molecule has 0 radical (unpaired) electrons. The number of allylic oxidation sites excluding steroid dienone is 2. The van der Waals surface area contributed by atoms with Gasteiger partial charge in [-0.1, -0.05) is 6.07 Å². The van der Waals surface area contributed by atoms with Crippen LogP contribution in [0.3, 0.4) is 0 Å². The highest BCUT2D eigenvalue weighted by atomic mass is 16.7. The van der Waals surface area contributed by atoms with E-state index in [9.17, 15) is 60.0 Å². The number of esters is 1. The zero-order valence-corrected chi connectivity index (χ0v) is 27.2. The van der Waals surface area contributed by atoms with Crippen molar-refractivity contribution in [3.63, 3.8) is 0 Å². The number of aromatic hydroxyl groups is 2. The fourth-order valence-electron chi connectivity index (χ4n) is 5.73. The summed E-state index contributed by atoms with van der Waals surface area (Å²) in [6.07, 6.45) is -2.67. The van der Waals surface area contributed by atoms with Crippen molar-refractivity contribution in [2.75, 3.05) is 13.7 Å². The van der Waals surface area contributed by atoms with Crippen molar-refractivity contribution < 1.29 is 83.6 Å². The van der Waals surface area contributed by atoms with Crippen molar-refractivity contribution >= 4 is 41.9 Å². The SMILES string of the molecule is COc1cc(/C=C/C(=O)OC[C@H]2O[C@@H](Oc3cc4c(cc3O)C[C@@H](C(=O)[O-])[N+]4=C/C=C3/C=C(C(=O)O)N[C@@H](C(=O)O)C3)[C@H](O)[C@H](O)[C@@H]2O)ccc1O. The van der Waals surface area contributed by atoms with E-state index in [1.54, 1.807) is 0 Å². The average molecular weight is 727 g/mol. The normalized spacial score (nSPS) is 27.1. The molecule has 0 saturated carbocycles. The minimum absolute atomic E-state index is 0.105. The minimum atomic E-state index is -1.88. The monoisotopic (exact) mass is 726 g/mol. The van der Waals surface area contributed by atoms with Gasteiger partial charge in [0.05, 0.1) is 13.2 Å². The second-order valence-corrected chi connectivity index (χ2v) is 11.9. The molecule has 1 fully saturated rings. The number of rotatable bonds is 11. The zero-order chi connectivity index (χ0) is 37.9. The van der Waals surface area contributed by atoms with E-state index in [4.69, 9.17) is 18.9 Å². The number of methoxy groups -OCH3 is 1. The molecule has 0 bridgehead atoms. The Bertz CT molecular complexity index is 1880. The van der Waals surface area contributed by atoms with Gasteiger partial charge in [-0.25, -0.2) is 14.4 Å².